The van der Waals surface area contributed by atoms with Crippen molar-refractivity contribution in [2.75, 3.05) is 13.2 Å². The zero-order chi connectivity index (χ0) is 13.8. The molecule has 5 heteroatoms. The van der Waals surface area contributed by atoms with Gasteiger partial charge in [0.05, 0.1) is 18.3 Å². The van der Waals surface area contributed by atoms with Crippen molar-refractivity contribution in [3.63, 3.8) is 0 Å². The molecule has 19 heavy (non-hydrogen) atoms. The highest BCUT2D eigenvalue weighted by Gasteiger charge is 2.20. The van der Waals surface area contributed by atoms with Crippen molar-refractivity contribution < 1.29 is 19.3 Å². The molecule has 3 atom stereocenters. The molecule has 0 spiro atoms. The molecule has 1 aromatic rings. The van der Waals surface area contributed by atoms with Gasteiger partial charge < -0.3 is 19.3 Å². The first kappa shape index (κ1) is 13.7. The lowest BCUT2D eigenvalue weighted by Crippen LogP contribution is -2.24. The van der Waals surface area contributed by atoms with E-state index in [1.165, 1.54) is 0 Å². The summed E-state index contributed by atoms with van der Waals surface area (Å²) in [5, 5.41) is 18.6. The second-order valence-corrected chi connectivity index (χ2v) is 4.49. The van der Waals surface area contributed by atoms with Gasteiger partial charge in [0.15, 0.2) is 17.6 Å². The van der Waals surface area contributed by atoms with Crippen molar-refractivity contribution in [3.05, 3.63) is 23.8 Å². The minimum absolute atomic E-state index is 0.419. The third-order valence-electron chi connectivity index (χ3n) is 3.02. The maximum absolute atomic E-state index is 9.43. The molecule has 3 unspecified atom stereocenters. The number of benzene rings is 1. The van der Waals surface area contributed by atoms with Crippen molar-refractivity contribution in [1.82, 2.24) is 0 Å². The monoisotopic (exact) mass is 263 g/mol. The predicted molar refractivity (Wildman–Crippen MR) is 68.0 cm³/mol. The van der Waals surface area contributed by atoms with Crippen molar-refractivity contribution in [2.24, 2.45) is 0 Å². The van der Waals surface area contributed by atoms with Gasteiger partial charge in [-0.05, 0) is 31.5 Å². The Kier molecular flexibility index (Phi) is 4.25. The molecule has 0 saturated heterocycles. The van der Waals surface area contributed by atoms with Crippen molar-refractivity contribution in [1.29, 1.82) is 5.26 Å². The van der Waals surface area contributed by atoms with Crippen molar-refractivity contribution >= 4 is 0 Å². The van der Waals surface area contributed by atoms with Gasteiger partial charge in [-0.1, -0.05) is 6.07 Å². The molecular weight excluding hydrogens is 246 g/mol. The first-order chi connectivity index (χ1) is 9.11. The fraction of sp³-hybridized carbons (Fsp3) is 0.500. The van der Waals surface area contributed by atoms with Gasteiger partial charge in [-0.2, -0.15) is 5.26 Å². The molecule has 0 aromatic heterocycles. The molecule has 0 saturated carbocycles. The molecule has 2 rings (SSSR count). The first-order valence-electron chi connectivity index (χ1n) is 6.24. The molecule has 0 fully saturated rings. The maximum Gasteiger partial charge on any atom is 0.169 e. The smallest absolute Gasteiger partial charge is 0.169 e. The number of hydrogen-bond donors (Lipinski definition) is 1. The molecule has 0 bridgehead atoms. The summed E-state index contributed by atoms with van der Waals surface area (Å²) >= 11 is 0. The summed E-state index contributed by atoms with van der Waals surface area (Å²) in [4.78, 5) is 0. The van der Waals surface area contributed by atoms with Crippen LogP contribution < -0.4 is 9.47 Å². The number of rotatable bonds is 4. The lowest BCUT2D eigenvalue weighted by molar-refractivity contribution is -0.0427. The first-order valence-corrected chi connectivity index (χ1v) is 6.24. The summed E-state index contributed by atoms with van der Waals surface area (Å²) in [6, 6.07) is 7.37. The fourth-order valence-corrected chi connectivity index (χ4v) is 1.73. The number of aliphatic hydroxyl groups excluding tert-OH is 1. The van der Waals surface area contributed by atoms with E-state index >= 15 is 0 Å². The van der Waals surface area contributed by atoms with Crippen LogP contribution >= 0.6 is 0 Å². The zero-order valence-electron chi connectivity index (χ0n) is 11.0. The molecule has 0 amide bonds. The van der Waals surface area contributed by atoms with E-state index in [1.807, 2.05) is 0 Å². The van der Waals surface area contributed by atoms with Crippen molar-refractivity contribution in [2.45, 2.75) is 32.2 Å². The van der Waals surface area contributed by atoms with Gasteiger partial charge in [0, 0.05) is 0 Å². The Bertz CT molecular complexity index is 481. The van der Waals surface area contributed by atoms with E-state index in [0.717, 1.165) is 0 Å². The van der Waals surface area contributed by atoms with E-state index in [4.69, 9.17) is 14.2 Å². The number of nitriles is 1. The summed E-state index contributed by atoms with van der Waals surface area (Å²) in [6.07, 6.45) is -1.79. The molecular formula is C14H17NO4. The SMILES string of the molecule is CC(O)C(C)OC(C#N)c1ccc2c(c1)OCCO2. The Morgan fingerprint density at radius 3 is 2.58 bits per heavy atom. The minimum atomic E-state index is -0.736. The summed E-state index contributed by atoms with van der Waals surface area (Å²) in [5.41, 5.74) is 0.694. The molecule has 102 valence electrons. The summed E-state index contributed by atoms with van der Waals surface area (Å²) in [6.45, 7) is 4.39. The standard InChI is InChI=1S/C14H17NO4/c1-9(16)10(2)19-14(8-15)11-3-4-12-13(7-11)18-6-5-17-12/h3-4,7,9-10,14,16H,5-6H2,1-2H3. The van der Waals surface area contributed by atoms with Gasteiger partial charge in [-0.25, -0.2) is 0 Å². The van der Waals surface area contributed by atoms with E-state index in [9.17, 15) is 10.4 Å². The molecule has 5 nitrogen and oxygen atoms in total. The number of aliphatic hydroxyl groups is 1. The second-order valence-electron chi connectivity index (χ2n) is 4.49. The highest BCUT2D eigenvalue weighted by molar-refractivity contribution is 5.45. The molecule has 1 aliphatic rings. The van der Waals surface area contributed by atoms with Gasteiger partial charge in [0.2, 0.25) is 0 Å². The van der Waals surface area contributed by atoms with Crippen LogP contribution in [0.2, 0.25) is 0 Å². The van der Waals surface area contributed by atoms with Crippen LogP contribution in [0, 0.1) is 11.3 Å². The number of ether oxygens (including phenoxy) is 3. The number of fused-ring (bicyclic) bond motifs is 1. The quantitative estimate of drug-likeness (QED) is 0.897. The maximum atomic E-state index is 9.43. The Balaban J connectivity index is 2.17. The molecule has 0 aliphatic carbocycles. The van der Waals surface area contributed by atoms with Gasteiger partial charge in [-0.15, -0.1) is 0 Å². The summed E-state index contributed by atoms with van der Waals surface area (Å²) < 4.78 is 16.4. The Hall–Kier alpha value is -1.77. The zero-order valence-corrected chi connectivity index (χ0v) is 11.0. The van der Waals surface area contributed by atoms with Gasteiger partial charge in [0.25, 0.3) is 0 Å². The molecule has 0 radical (unpaired) electrons. The lowest BCUT2D eigenvalue weighted by atomic mass is 10.1. The topological polar surface area (TPSA) is 71.7 Å². The molecule has 1 aromatic carbocycles. The van der Waals surface area contributed by atoms with Crippen LogP contribution in [0.1, 0.15) is 25.5 Å². The fourth-order valence-electron chi connectivity index (χ4n) is 1.73. The minimum Gasteiger partial charge on any atom is -0.486 e. The highest BCUT2D eigenvalue weighted by Crippen LogP contribution is 2.33. The van der Waals surface area contributed by atoms with Crippen LogP contribution in [0.4, 0.5) is 0 Å². The largest absolute Gasteiger partial charge is 0.486 e. The van der Waals surface area contributed by atoms with Crippen LogP contribution in [-0.2, 0) is 4.74 Å². The van der Waals surface area contributed by atoms with E-state index in [-0.39, 0.29) is 0 Å². The van der Waals surface area contributed by atoms with Crippen molar-refractivity contribution in [3.8, 4) is 17.6 Å². The van der Waals surface area contributed by atoms with E-state index in [2.05, 4.69) is 6.07 Å². The Morgan fingerprint density at radius 2 is 1.95 bits per heavy atom. The summed E-state index contributed by atoms with van der Waals surface area (Å²) in [7, 11) is 0. The highest BCUT2D eigenvalue weighted by atomic mass is 16.6. The van der Waals surface area contributed by atoms with Gasteiger partial charge in [0.1, 0.15) is 13.2 Å². The average Bonchev–Trinajstić information content (AvgIpc) is 2.43. The molecule has 1 aliphatic heterocycles. The lowest BCUT2D eigenvalue weighted by Gasteiger charge is -2.22. The third kappa shape index (κ3) is 3.16. The Morgan fingerprint density at radius 1 is 1.26 bits per heavy atom. The Labute approximate surface area is 112 Å². The van der Waals surface area contributed by atoms with Crippen LogP contribution in [0.15, 0.2) is 18.2 Å². The van der Waals surface area contributed by atoms with Crippen LogP contribution in [-0.4, -0.2) is 30.5 Å². The van der Waals surface area contributed by atoms with E-state index in [0.29, 0.717) is 30.3 Å². The summed E-state index contributed by atoms with van der Waals surface area (Å²) in [5.74, 6) is 1.30. The number of nitrogens with zero attached hydrogens (tertiary/aromatic N) is 1. The molecule has 1 heterocycles. The average molecular weight is 263 g/mol. The van der Waals surface area contributed by atoms with E-state index < -0.39 is 18.3 Å². The van der Waals surface area contributed by atoms with Crippen LogP contribution in [0.5, 0.6) is 11.5 Å². The second kappa shape index (κ2) is 5.91. The van der Waals surface area contributed by atoms with Crippen LogP contribution in [0.25, 0.3) is 0 Å². The normalized spacial score (nSPS) is 18.2. The molecule has 1 N–H and O–H groups in total. The predicted octanol–water partition coefficient (Wildman–Crippen LogP) is 1.81. The third-order valence-corrected chi connectivity index (χ3v) is 3.02. The van der Waals surface area contributed by atoms with E-state index in [1.54, 1.807) is 32.0 Å². The van der Waals surface area contributed by atoms with Gasteiger partial charge in [-0.3, -0.25) is 0 Å². The number of hydrogen-bond acceptors (Lipinski definition) is 5. The van der Waals surface area contributed by atoms with Crippen LogP contribution in [0.3, 0.4) is 0 Å². The van der Waals surface area contributed by atoms with Gasteiger partial charge >= 0.3 is 0 Å².